The van der Waals surface area contributed by atoms with Crippen LogP contribution in [0.2, 0.25) is 0 Å². The topological polar surface area (TPSA) is 29.3 Å². The van der Waals surface area contributed by atoms with Gasteiger partial charge in [0, 0.05) is 31.0 Å². The molecule has 0 atom stereocenters. The first-order valence-corrected chi connectivity index (χ1v) is 7.22. The van der Waals surface area contributed by atoms with Crippen molar-refractivity contribution in [1.29, 1.82) is 0 Å². The lowest BCUT2D eigenvalue weighted by atomic mass is 10.1. The number of nitrogens with zero attached hydrogens (tertiary/aromatic N) is 1. The third-order valence-electron chi connectivity index (χ3n) is 3.05. The van der Waals surface area contributed by atoms with Crippen LogP contribution in [0.4, 0.5) is 4.39 Å². The molecule has 0 radical (unpaired) electrons. The van der Waals surface area contributed by atoms with Crippen molar-refractivity contribution in [3.63, 3.8) is 0 Å². The summed E-state index contributed by atoms with van der Waals surface area (Å²) in [6, 6.07) is 5.19. The Kier molecular flexibility index (Phi) is 4.83. The zero-order valence-electron chi connectivity index (χ0n) is 9.99. The van der Waals surface area contributed by atoms with Gasteiger partial charge in [-0.3, -0.25) is 4.90 Å². The number of thioether (sulfide) groups is 1. The van der Waals surface area contributed by atoms with Crippen LogP contribution in [0.5, 0.6) is 0 Å². The molecule has 1 aliphatic heterocycles. The molecule has 1 aromatic rings. The normalized spacial score (nSPS) is 18.0. The molecule has 2 N–H and O–H groups in total. The SMILES string of the molecule is NCc1ccc(F)c(CN2CCCSCC2)c1. The largest absolute Gasteiger partial charge is 0.326 e. The van der Waals surface area contributed by atoms with Crippen molar-refractivity contribution >= 4 is 11.8 Å². The number of hydrogen-bond acceptors (Lipinski definition) is 3. The molecule has 1 aliphatic rings. The monoisotopic (exact) mass is 254 g/mol. The molecule has 94 valence electrons. The molecular weight excluding hydrogens is 235 g/mol. The maximum Gasteiger partial charge on any atom is 0.127 e. The Balaban J connectivity index is 2.05. The fourth-order valence-electron chi connectivity index (χ4n) is 2.07. The van der Waals surface area contributed by atoms with Crippen LogP contribution >= 0.6 is 11.8 Å². The number of rotatable bonds is 3. The molecule has 1 saturated heterocycles. The fourth-order valence-corrected chi connectivity index (χ4v) is 3.00. The van der Waals surface area contributed by atoms with Gasteiger partial charge < -0.3 is 5.73 Å². The number of nitrogens with two attached hydrogens (primary N) is 1. The first kappa shape index (κ1) is 12.9. The molecule has 0 unspecified atom stereocenters. The van der Waals surface area contributed by atoms with E-state index in [1.165, 1.54) is 18.2 Å². The first-order chi connectivity index (χ1) is 8.29. The van der Waals surface area contributed by atoms with E-state index in [0.29, 0.717) is 13.1 Å². The lowest BCUT2D eigenvalue weighted by Gasteiger charge is -2.20. The Labute approximate surface area is 106 Å². The first-order valence-electron chi connectivity index (χ1n) is 6.07. The molecular formula is C13H19FN2S. The molecule has 0 aliphatic carbocycles. The van der Waals surface area contributed by atoms with E-state index in [2.05, 4.69) is 4.90 Å². The molecule has 0 spiro atoms. The molecule has 2 rings (SSSR count). The van der Waals surface area contributed by atoms with Gasteiger partial charge in [0.15, 0.2) is 0 Å². The molecule has 4 heteroatoms. The number of benzene rings is 1. The van der Waals surface area contributed by atoms with Crippen LogP contribution in [0, 0.1) is 5.82 Å². The quantitative estimate of drug-likeness (QED) is 0.897. The van der Waals surface area contributed by atoms with Crippen molar-refractivity contribution in [3.05, 3.63) is 35.1 Å². The highest BCUT2D eigenvalue weighted by Crippen LogP contribution is 2.16. The lowest BCUT2D eigenvalue weighted by molar-refractivity contribution is 0.283. The summed E-state index contributed by atoms with van der Waals surface area (Å²) in [5.41, 5.74) is 7.37. The predicted octanol–water partition coefficient (Wildman–Crippen LogP) is 2.22. The molecule has 0 saturated carbocycles. The van der Waals surface area contributed by atoms with E-state index in [9.17, 15) is 4.39 Å². The summed E-state index contributed by atoms with van der Waals surface area (Å²) in [6.45, 7) is 3.31. The van der Waals surface area contributed by atoms with Crippen molar-refractivity contribution in [2.75, 3.05) is 24.6 Å². The van der Waals surface area contributed by atoms with Crippen LogP contribution in [-0.2, 0) is 13.1 Å². The Morgan fingerprint density at radius 2 is 2.18 bits per heavy atom. The predicted molar refractivity (Wildman–Crippen MR) is 71.5 cm³/mol. The van der Waals surface area contributed by atoms with E-state index in [0.717, 1.165) is 30.0 Å². The highest BCUT2D eigenvalue weighted by Gasteiger charge is 2.12. The summed E-state index contributed by atoms with van der Waals surface area (Å²) in [5, 5.41) is 0. The highest BCUT2D eigenvalue weighted by molar-refractivity contribution is 7.99. The Morgan fingerprint density at radius 1 is 1.29 bits per heavy atom. The van der Waals surface area contributed by atoms with E-state index in [1.54, 1.807) is 6.07 Å². The summed E-state index contributed by atoms with van der Waals surface area (Å²) < 4.78 is 13.7. The van der Waals surface area contributed by atoms with Crippen molar-refractivity contribution in [2.45, 2.75) is 19.5 Å². The maximum atomic E-state index is 13.7. The van der Waals surface area contributed by atoms with Crippen LogP contribution in [0.3, 0.4) is 0 Å². The van der Waals surface area contributed by atoms with Gasteiger partial charge in [0.2, 0.25) is 0 Å². The van der Waals surface area contributed by atoms with Gasteiger partial charge in [0.05, 0.1) is 0 Å². The van der Waals surface area contributed by atoms with Crippen LogP contribution in [0.15, 0.2) is 18.2 Å². The maximum absolute atomic E-state index is 13.7. The molecule has 2 nitrogen and oxygen atoms in total. The zero-order valence-corrected chi connectivity index (χ0v) is 10.8. The second kappa shape index (κ2) is 6.38. The highest BCUT2D eigenvalue weighted by atomic mass is 32.2. The van der Waals surface area contributed by atoms with Gasteiger partial charge in [0.1, 0.15) is 5.82 Å². The Bertz CT molecular complexity index is 362. The standard InChI is InChI=1S/C13H19FN2S/c14-13-3-2-11(9-15)8-12(13)10-16-4-1-6-17-7-5-16/h2-3,8H,1,4-7,9-10,15H2. The summed E-state index contributed by atoms with van der Waals surface area (Å²) in [7, 11) is 0. The summed E-state index contributed by atoms with van der Waals surface area (Å²) in [6.07, 6.45) is 1.20. The molecule has 0 bridgehead atoms. The van der Waals surface area contributed by atoms with Gasteiger partial charge in [-0.05, 0) is 30.3 Å². The van der Waals surface area contributed by atoms with E-state index >= 15 is 0 Å². The van der Waals surface area contributed by atoms with Gasteiger partial charge in [-0.2, -0.15) is 11.8 Å². The molecule has 0 amide bonds. The minimum atomic E-state index is -0.112. The second-order valence-electron chi connectivity index (χ2n) is 4.37. The molecule has 17 heavy (non-hydrogen) atoms. The minimum absolute atomic E-state index is 0.112. The van der Waals surface area contributed by atoms with Gasteiger partial charge in [-0.15, -0.1) is 0 Å². The average Bonchev–Trinajstić information content (AvgIpc) is 2.60. The Morgan fingerprint density at radius 3 is 3.00 bits per heavy atom. The lowest BCUT2D eigenvalue weighted by Crippen LogP contribution is -2.26. The third kappa shape index (κ3) is 3.69. The van der Waals surface area contributed by atoms with E-state index < -0.39 is 0 Å². The smallest absolute Gasteiger partial charge is 0.127 e. The van der Waals surface area contributed by atoms with Crippen LogP contribution in [-0.4, -0.2) is 29.5 Å². The second-order valence-corrected chi connectivity index (χ2v) is 5.60. The van der Waals surface area contributed by atoms with Gasteiger partial charge >= 0.3 is 0 Å². The van der Waals surface area contributed by atoms with Gasteiger partial charge in [-0.25, -0.2) is 4.39 Å². The Hall–Kier alpha value is -0.580. The van der Waals surface area contributed by atoms with Crippen LogP contribution in [0.25, 0.3) is 0 Å². The van der Waals surface area contributed by atoms with E-state index in [-0.39, 0.29) is 5.82 Å². The molecule has 1 aromatic carbocycles. The number of hydrogen-bond donors (Lipinski definition) is 1. The average molecular weight is 254 g/mol. The molecule has 0 aromatic heterocycles. The van der Waals surface area contributed by atoms with E-state index in [1.807, 2.05) is 17.8 Å². The summed E-state index contributed by atoms with van der Waals surface area (Å²) >= 11 is 1.99. The molecule has 1 fully saturated rings. The molecule has 1 heterocycles. The summed E-state index contributed by atoms with van der Waals surface area (Å²) in [4.78, 5) is 2.33. The van der Waals surface area contributed by atoms with E-state index in [4.69, 9.17) is 5.73 Å². The number of halogens is 1. The fraction of sp³-hybridized carbons (Fsp3) is 0.538. The third-order valence-corrected chi connectivity index (χ3v) is 4.10. The van der Waals surface area contributed by atoms with Crippen LogP contribution < -0.4 is 5.73 Å². The van der Waals surface area contributed by atoms with Gasteiger partial charge in [-0.1, -0.05) is 12.1 Å². The van der Waals surface area contributed by atoms with Crippen molar-refractivity contribution < 1.29 is 4.39 Å². The van der Waals surface area contributed by atoms with Crippen molar-refractivity contribution in [2.24, 2.45) is 5.73 Å². The minimum Gasteiger partial charge on any atom is -0.326 e. The van der Waals surface area contributed by atoms with Gasteiger partial charge in [0.25, 0.3) is 0 Å². The van der Waals surface area contributed by atoms with Crippen molar-refractivity contribution in [3.8, 4) is 0 Å². The van der Waals surface area contributed by atoms with Crippen molar-refractivity contribution in [1.82, 2.24) is 4.90 Å². The van der Waals surface area contributed by atoms with Crippen LogP contribution in [0.1, 0.15) is 17.5 Å². The zero-order chi connectivity index (χ0) is 12.1. The summed E-state index contributed by atoms with van der Waals surface area (Å²) in [5.74, 6) is 2.26.